The van der Waals surface area contributed by atoms with Crippen molar-refractivity contribution in [2.75, 3.05) is 0 Å². The van der Waals surface area contributed by atoms with E-state index in [1.807, 2.05) is 65.0 Å². The van der Waals surface area contributed by atoms with Gasteiger partial charge in [-0.2, -0.15) is 0 Å². The van der Waals surface area contributed by atoms with E-state index in [1.54, 1.807) is 0 Å². The minimum atomic E-state index is 0.198. The van der Waals surface area contributed by atoms with E-state index in [4.69, 9.17) is 10.1 Å². The molecule has 0 bridgehead atoms. The lowest BCUT2D eigenvalue weighted by molar-refractivity contribution is 0.414. The molecule has 88 valence electrons. The summed E-state index contributed by atoms with van der Waals surface area (Å²) in [5.74, 6) is 0.945. The van der Waals surface area contributed by atoms with Gasteiger partial charge in [0.2, 0.25) is 5.90 Å². The largest absolute Gasteiger partial charge is 0.444 e. The Bertz CT molecular complexity index is 367. The van der Waals surface area contributed by atoms with Gasteiger partial charge in [-0.1, -0.05) is 31.5 Å². The molecule has 0 saturated carbocycles. The van der Waals surface area contributed by atoms with E-state index in [0.29, 0.717) is 0 Å². The number of nitrogens with one attached hydrogen (secondary N) is 1. The molecule has 0 aliphatic carbocycles. The molecule has 0 aromatic heterocycles. The van der Waals surface area contributed by atoms with Crippen molar-refractivity contribution in [3.8, 4) is 0 Å². The summed E-state index contributed by atoms with van der Waals surface area (Å²) in [6.07, 6.45) is 1.84. The summed E-state index contributed by atoms with van der Waals surface area (Å²) in [4.78, 5) is 0. The SMILES string of the molecule is C/C=C(\C)OC(=N)c1cccc(C)c1.CC. The van der Waals surface area contributed by atoms with Crippen LogP contribution in [0.25, 0.3) is 0 Å². The third-order valence-electron chi connectivity index (χ3n) is 1.95. The van der Waals surface area contributed by atoms with Gasteiger partial charge in [-0.25, -0.2) is 0 Å². The molecule has 0 amide bonds. The first-order valence-corrected chi connectivity index (χ1v) is 5.60. The molecule has 0 unspecified atom stereocenters. The highest BCUT2D eigenvalue weighted by Crippen LogP contribution is 2.08. The number of aryl methyl sites for hydroxylation is 1. The highest BCUT2D eigenvalue weighted by atomic mass is 16.5. The van der Waals surface area contributed by atoms with Crippen LogP contribution in [0.4, 0.5) is 0 Å². The van der Waals surface area contributed by atoms with Crippen LogP contribution < -0.4 is 0 Å². The second-order valence-corrected chi connectivity index (χ2v) is 3.20. The van der Waals surface area contributed by atoms with E-state index in [0.717, 1.165) is 16.9 Å². The van der Waals surface area contributed by atoms with Crippen molar-refractivity contribution < 1.29 is 4.74 Å². The van der Waals surface area contributed by atoms with E-state index in [9.17, 15) is 0 Å². The molecule has 1 aromatic rings. The zero-order valence-corrected chi connectivity index (χ0v) is 10.8. The molecule has 1 N–H and O–H groups in total. The summed E-state index contributed by atoms with van der Waals surface area (Å²) in [7, 11) is 0. The van der Waals surface area contributed by atoms with Gasteiger partial charge in [-0.15, -0.1) is 0 Å². The summed E-state index contributed by atoms with van der Waals surface area (Å²) >= 11 is 0. The fraction of sp³-hybridized carbons (Fsp3) is 0.357. The lowest BCUT2D eigenvalue weighted by atomic mass is 10.1. The second kappa shape index (κ2) is 7.69. The third kappa shape index (κ3) is 4.78. The maximum atomic E-state index is 7.70. The van der Waals surface area contributed by atoms with Crippen molar-refractivity contribution in [2.45, 2.75) is 34.6 Å². The summed E-state index contributed by atoms with van der Waals surface area (Å²) in [5.41, 5.74) is 1.94. The first-order valence-electron chi connectivity index (χ1n) is 5.60. The molecule has 0 heterocycles. The minimum Gasteiger partial charge on any atom is -0.444 e. The minimum absolute atomic E-state index is 0.198. The maximum Gasteiger partial charge on any atom is 0.218 e. The van der Waals surface area contributed by atoms with Gasteiger partial charge in [0, 0.05) is 5.56 Å². The Morgan fingerprint density at radius 3 is 2.44 bits per heavy atom. The summed E-state index contributed by atoms with van der Waals surface area (Å²) in [6, 6.07) is 7.73. The van der Waals surface area contributed by atoms with Crippen molar-refractivity contribution in [1.29, 1.82) is 5.41 Å². The topological polar surface area (TPSA) is 33.1 Å². The number of benzene rings is 1. The Labute approximate surface area is 98.5 Å². The quantitative estimate of drug-likeness (QED) is 0.449. The van der Waals surface area contributed by atoms with Crippen LogP contribution in [-0.2, 0) is 4.74 Å². The number of rotatable bonds is 2. The normalized spacial score (nSPS) is 10.2. The van der Waals surface area contributed by atoms with E-state index in [1.165, 1.54) is 0 Å². The standard InChI is InChI=1S/C12H15NO.C2H6/c1-4-10(3)14-12(13)11-7-5-6-9(2)8-11;1-2/h4-8,13H,1-3H3;1-2H3/b10-4+,13-12?;. The molecule has 1 aromatic carbocycles. The van der Waals surface area contributed by atoms with Gasteiger partial charge < -0.3 is 4.74 Å². The van der Waals surface area contributed by atoms with Gasteiger partial charge >= 0.3 is 0 Å². The average Bonchev–Trinajstić information content (AvgIpc) is 2.31. The Balaban J connectivity index is 0.00000106. The lowest BCUT2D eigenvalue weighted by Gasteiger charge is -2.07. The predicted octanol–water partition coefficient (Wildman–Crippen LogP) is 4.29. The first-order chi connectivity index (χ1) is 7.63. The Kier molecular flexibility index (Phi) is 6.93. The van der Waals surface area contributed by atoms with Crippen LogP contribution in [0.1, 0.15) is 38.8 Å². The molecule has 0 radical (unpaired) electrons. The van der Waals surface area contributed by atoms with Crippen LogP contribution in [0, 0.1) is 12.3 Å². The Morgan fingerprint density at radius 2 is 1.94 bits per heavy atom. The zero-order valence-electron chi connectivity index (χ0n) is 10.8. The van der Waals surface area contributed by atoms with Crippen LogP contribution in [0.3, 0.4) is 0 Å². The predicted molar refractivity (Wildman–Crippen MR) is 69.9 cm³/mol. The van der Waals surface area contributed by atoms with Gasteiger partial charge in [-0.05, 0) is 39.0 Å². The van der Waals surface area contributed by atoms with Crippen LogP contribution in [0.15, 0.2) is 36.1 Å². The van der Waals surface area contributed by atoms with Crippen molar-refractivity contribution >= 4 is 5.90 Å². The average molecular weight is 219 g/mol. The highest BCUT2D eigenvalue weighted by Gasteiger charge is 2.02. The number of allylic oxidation sites excluding steroid dienone is 2. The van der Waals surface area contributed by atoms with Gasteiger partial charge in [0.1, 0.15) is 0 Å². The second-order valence-electron chi connectivity index (χ2n) is 3.20. The maximum absolute atomic E-state index is 7.70. The van der Waals surface area contributed by atoms with Crippen LogP contribution >= 0.6 is 0 Å². The number of hydrogen-bond donors (Lipinski definition) is 1. The zero-order chi connectivity index (χ0) is 12.6. The number of hydrogen-bond acceptors (Lipinski definition) is 2. The van der Waals surface area contributed by atoms with E-state index in [-0.39, 0.29) is 5.90 Å². The van der Waals surface area contributed by atoms with Crippen LogP contribution in [0.5, 0.6) is 0 Å². The van der Waals surface area contributed by atoms with Crippen molar-refractivity contribution in [2.24, 2.45) is 0 Å². The molecular weight excluding hydrogens is 198 g/mol. The van der Waals surface area contributed by atoms with Crippen molar-refractivity contribution in [3.05, 3.63) is 47.2 Å². The van der Waals surface area contributed by atoms with E-state index < -0.39 is 0 Å². The van der Waals surface area contributed by atoms with Gasteiger partial charge in [0.25, 0.3) is 0 Å². The molecule has 2 heteroatoms. The smallest absolute Gasteiger partial charge is 0.218 e. The van der Waals surface area contributed by atoms with Crippen LogP contribution in [0.2, 0.25) is 0 Å². The Morgan fingerprint density at radius 1 is 1.31 bits per heavy atom. The molecule has 16 heavy (non-hydrogen) atoms. The van der Waals surface area contributed by atoms with E-state index in [2.05, 4.69) is 0 Å². The van der Waals surface area contributed by atoms with Crippen LogP contribution in [-0.4, -0.2) is 5.90 Å². The van der Waals surface area contributed by atoms with Gasteiger partial charge in [0.15, 0.2) is 0 Å². The Hall–Kier alpha value is -1.57. The van der Waals surface area contributed by atoms with Gasteiger partial charge in [-0.3, -0.25) is 5.41 Å². The molecule has 0 spiro atoms. The summed E-state index contributed by atoms with van der Waals surface area (Å²) in [6.45, 7) is 9.72. The molecule has 2 nitrogen and oxygen atoms in total. The van der Waals surface area contributed by atoms with Gasteiger partial charge in [0.05, 0.1) is 5.76 Å². The summed E-state index contributed by atoms with van der Waals surface area (Å²) in [5, 5.41) is 7.70. The molecule has 0 saturated heterocycles. The third-order valence-corrected chi connectivity index (χ3v) is 1.95. The molecular formula is C14H21NO. The highest BCUT2D eigenvalue weighted by molar-refractivity contribution is 5.92. The number of ether oxygens (including phenoxy) is 1. The first kappa shape index (κ1) is 14.4. The fourth-order valence-electron chi connectivity index (χ4n) is 1.07. The molecule has 1 rings (SSSR count). The molecule has 0 aliphatic heterocycles. The van der Waals surface area contributed by atoms with E-state index >= 15 is 0 Å². The molecule has 0 atom stereocenters. The fourth-order valence-corrected chi connectivity index (χ4v) is 1.07. The summed E-state index contributed by atoms with van der Waals surface area (Å²) < 4.78 is 5.28. The van der Waals surface area contributed by atoms with Crippen molar-refractivity contribution in [3.63, 3.8) is 0 Å². The van der Waals surface area contributed by atoms with Crippen molar-refractivity contribution in [1.82, 2.24) is 0 Å². The molecule has 0 aliphatic rings. The molecule has 0 fully saturated rings. The monoisotopic (exact) mass is 219 g/mol. The lowest BCUT2D eigenvalue weighted by Crippen LogP contribution is -2.03.